The molecule has 0 amide bonds. The number of aromatic nitrogens is 1. The van der Waals surface area contributed by atoms with Gasteiger partial charge in [0.1, 0.15) is 12.0 Å². The van der Waals surface area contributed by atoms with Gasteiger partial charge in [0, 0.05) is 19.1 Å². The van der Waals surface area contributed by atoms with Crippen LogP contribution in [0.15, 0.2) is 27.4 Å². The van der Waals surface area contributed by atoms with Crippen LogP contribution in [0.25, 0.3) is 11.5 Å². The molecule has 2 aromatic heterocycles. The van der Waals surface area contributed by atoms with Crippen molar-refractivity contribution in [2.75, 3.05) is 6.54 Å². The Morgan fingerprint density at radius 3 is 3.15 bits per heavy atom. The Kier molecular flexibility index (Phi) is 2.91. The monoisotopic (exact) mass is 272 g/mol. The topological polar surface area (TPSA) is 42.4 Å². The smallest absolute Gasteiger partial charge is 0.229 e. The molecule has 0 aromatic carbocycles. The zero-order chi connectivity index (χ0) is 13.5. The molecule has 1 saturated carbocycles. The first-order chi connectivity index (χ1) is 9.79. The third-order valence-electron chi connectivity index (χ3n) is 4.78. The first kappa shape index (κ1) is 12.2. The first-order valence-corrected chi connectivity index (χ1v) is 7.52. The van der Waals surface area contributed by atoms with Gasteiger partial charge in [-0.05, 0) is 38.2 Å². The second kappa shape index (κ2) is 4.77. The van der Waals surface area contributed by atoms with Crippen molar-refractivity contribution in [1.29, 1.82) is 0 Å². The molecule has 2 aromatic rings. The molecule has 4 nitrogen and oxygen atoms in total. The van der Waals surface area contributed by atoms with Crippen LogP contribution in [0, 0.1) is 12.8 Å². The summed E-state index contributed by atoms with van der Waals surface area (Å²) in [5, 5.41) is 0. The van der Waals surface area contributed by atoms with E-state index < -0.39 is 0 Å². The van der Waals surface area contributed by atoms with E-state index in [1.54, 1.807) is 12.5 Å². The number of likely N-dealkylation sites (tertiary alicyclic amines) is 1. The second-order valence-corrected chi connectivity index (χ2v) is 6.15. The summed E-state index contributed by atoms with van der Waals surface area (Å²) in [5.74, 6) is 2.52. The number of rotatable bonds is 3. The van der Waals surface area contributed by atoms with Crippen LogP contribution in [-0.4, -0.2) is 22.5 Å². The Morgan fingerprint density at radius 2 is 2.35 bits per heavy atom. The third-order valence-corrected chi connectivity index (χ3v) is 4.78. The van der Waals surface area contributed by atoms with Crippen molar-refractivity contribution >= 4 is 0 Å². The minimum Gasteiger partial charge on any atom is -0.472 e. The molecular formula is C16H20N2O2. The molecule has 0 radical (unpaired) electrons. The minimum atomic E-state index is 0.674. The van der Waals surface area contributed by atoms with Gasteiger partial charge in [-0.15, -0.1) is 0 Å². The fourth-order valence-corrected chi connectivity index (χ4v) is 3.71. The van der Waals surface area contributed by atoms with Crippen molar-refractivity contribution in [2.24, 2.45) is 5.92 Å². The molecule has 1 aliphatic carbocycles. The van der Waals surface area contributed by atoms with Gasteiger partial charge in [0.2, 0.25) is 5.89 Å². The van der Waals surface area contributed by atoms with Crippen LogP contribution in [0.4, 0.5) is 0 Å². The van der Waals surface area contributed by atoms with E-state index in [0.29, 0.717) is 5.89 Å². The summed E-state index contributed by atoms with van der Waals surface area (Å²) < 4.78 is 10.9. The number of nitrogens with zero attached hydrogens (tertiary/aromatic N) is 2. The molecule has 4 rings (SSSR count). The fourth-order valence-electron chi connectivity index (χ4n) is 3.71. The Hall–Kier alpha value is -1.55. The molecule has 2 atom stereocenters. The van der Waals surface area contributed by atoms with Gasteiger partial charge in [0.15, 0.2) is 0 Å². The molecule has 0 N–H and O–H groups in total. The SMILES string of the molecule is Cc1oc(-c2ccoc2)nc1CN1C[C@@H]2CCC[C@H]1C2. The number of hydrogen-bond donors (Lipinski definition) is 0. The maximum atomic E-state index is 5.78. The molecule has 20 heavy (non-hydrogen) atoms. The fraction of sp³-hybridized carbons (Fsp3) is 0.562. The van der Waals surface area contributed by atoms with Gasteiger partial charge in [-0.1, -0.05) is 6.42 Å². The number of furan rings is 1. The highest BCUT2D eigenvalue weighted by atomic mass is 16.4. The number of fused-ring (bicyclic) bond motifs is 2. The average Bonchev–Trinajstić information content (AvgIpc) is 3.13. The van der Waals surface area contributed by atoms with Crippen LogP contribution in [0.5, 0.6) is 0 Å². The normalized spacial score (nSPS) is 26.2. The third kappa shape index (κ3) is 2.08. The highest BCUT2D eigenvalue weighted by molar-refractivity contribution is 5.51. The van der Waals surface area contributed by atoms with E-state index in [4.69, 9.17) is 8.83 Å². The van der Waals surface area contributed by atoms with Gasteiger partial charge in [0.25, 0.3) is 0 Å². The minimum absolute atomic E-state index is 0.674. The van der Waals surface area contributed by atoms with Crippen molar-refractivity contribution in [1.82, 2.24) is 9.88 Å². The zero-order valence-corrected chi connectivity index (χ0v) is 11.8. The molecule has 2 fully saturated rings. The molecule has 3 heterocycles. The predicted octanol–water partition coefficient (Wildman–Crippen LogP) is 3.62. The lowest BCUT2D eigenvalue weighted by atomic mass is 9.90. The van der Waals surface area contributed by atoms with Crippen LogP contribution in [0.1, 0.15) is 37.1 Å². The number of aryl methyl sites for hydroxylation is 1. The van der Waals surface area contributed by atoms with Gasteiger partial charge < -0.3 is 8.83 Å². The van der Waals surface area contributed by atoms with Crippen LogP contribution < -0.4 is 0 Å². The summed E-state index contributed by atoms with van der Waals surface area (Å²) in [6, 6.07) is 2.65. The standard InChI is InChI=1S/C16H20N2O2/c1-11-15(17-16(20-11)13-5-6-19-10-13)9-18-8-12-3-2-4-14(18)7-12/h5-6,10,12,14H,2-4,7-9H2,1H3/t12-,14+/m1/s1. The molecule has 106 valence electrons. The molecule has 1 aliphatic heterocycles. The molecule has 2 bridgehead atoms. The van der Waals surface area contributed by atoms with Gasteiger partial charge in [-0.2, -0.15) is 0 Å². The summed E-state index contributed by atoms with van der Waals surface area (Å²) in [6.45, 7) is 4.17. The van der Waals surface area contributed by atoms with Crippen LogP contribution in [0.3, 0.4) is 0 Å². The van der Waals surface area contributed by atoms with E-state index >= 15 is 0 Å². The van der Waals surface area contributed by atoms with Gasteiger partial charge in [-0.3, -0.25) is 4.90 Å². The Bertz CT molecular complexity index is 588. The molecule has 0 unspecified atom stereocenters. The van der Waals surface area contributed by atoms with Crippen molar-refractivity contribution in [2.45, 2.75) is 45.2 Å². The van der Waals surface area contributed by atoms with Crippen molar-refractivity contribution in [3.63, 3.8) is 0 Å². The molecule has 1 saturated heterocycles. The van der Waals surface area contributed by atoms with Crippen molar-refractivity contribution in [3.8, 4) is 11.5 Å². The lowest BCUT2D eigenvalue weighted by molar-refractivity contribution is 0.233. The molecule has 0 spiro atoms. The number of oxazole rings is 1. The van der Waals surface area contributed by atoms with E-state index in [0.717, 1.165) is 35.5 Å². The van der Waals surface area contributed by atoms with E-state index in [1.807, 2.05) is 13.0 Å². The Morgan fingerprint density at radius 1 is 1.40 bits per heavy atom. The van der Waals surface area contributed by atoms with Gasteiger partial charge in [-0.25, -0.2) is 4.98 Å². The largest absolute Gasteiger partial charge is 0.472 e. The molecular weight excluding hydrogens is 252 g/mol. The van der Waals surface area contributed by atoms with Crippen LogP contribution in [-0.2, 0) is 6.54 Å². The summed E-state index contributed by atoms with van der Waals surface area (Å²) in [5.41, 5.74) is 1.99. The lowest BCUT2D eigenvalue weighted by Crippen LogP contribution is -2.28. The van der Waals surface area contributed by atoms with Gasteiger partial charge in [0.05, 0.1) is 17.5 Å². The quantitative estimate of drug-likeness (QED) is 0.856. The van der Waals surface area contributed by atoms with Crippen molar-refractivity contribution < 1.29 is 8.83 Å². The van der Waals surface area contributed by atoms with E-state index in [2.05, 4.69) is 9.88 Å². The summed E-state index contributed by atoms with van der Waals surface area (Å²) in [6.07, 6.45) is 8.86. The predicted molar refractivity (Wildman–Crippen MR) is 75.1 cm³/mol. The van der Waals surface area contributed by atoms with Crippen LogP contribution in [0.2, 0.25) is 0 Å². The highest BCUT2D eigenvalue weighted by Crippen LogP contribution is 2.36. The summed E-state index contributed by atoms with van der Waals surface area (Å²) in [7, 11) is 0. The first-order valence-electron chi connectivity index (χ1n) is 7.52. The van der Waals surface area contributed by atoms with Gasteiger partial charge >= 0.3 is 0 Å². The Labute approximate surface area is 118 Å². The highest BCUT2D eigenvalue weighted by Gasteiger charge is 2.35. The molecule has 2 aliphatic rings. The van der Waals surface area contributed by atoms with E-state index in [1.165, 1.54) is 32.2 Å². The second-order valence-electron chi connectivity index (χ2n) is 6.15. The number of hydrogen-bond acceptors (Lipinski definition) is 4. The van der Waals surface area contributed by atoms with Crippen LogP contribution >= 0.6 is 0 Å². The lowest BCUT2D eigenvalue weighted by Gasteiger charge is -2.23. The zero-order valence-electron chi connectivity index (χ0n) is 11.8. The van der Waals surface area contributed by atoms with E-state index in [-0.39, 0.29) is 0 Å². The summed E-state index contributed by atoms with van der Waals surface area (Å²) in [4.78, 5) is 7.26. The maximum absolute atomic E-state index is 5.78. The maximum Gasteiger partial charge on any atom is 0.229 e. The van der Waals surface area contributed by atoms with Crippen molar-refractivity contribution in [3.05, 3.63) is 30.0 Å². The summed E-state index contributed by atoms with van der Waals surface area (Å²) >= 11 is 0. The van der Waals surface area contributed by atoms with E-state index in [9.17, 15) is 0 Å². The molecule has 4 heteroatoms. The Balaban J connectivity index is 1.54. The average molecular weight is 272 g/mol.